The molecule has 5 atom stereocenters. The van der Waals surface area contributed by atoms with Gasteiger partial charge in [0.2, 0.25) is 0 Å². The molecule has 100 valence electrons. The van der Waals surface area contributed by atoms with Gasteiger partial charge in [0.1, 0.15) is 11.4 Å². The molecule has 0 aromatic heterocycles. The lowest BCUT2D eigenvalue weighted by atomic mass is 9.70. The number of fused-ring (bicyclic) bond motifs is 2. The molecule has 2 aliphatic heterocycles. The van der Waals surface area contributed by atoms with E-state index in [0.29, 0.717) is 5.75 Å². The summed E-state index contributed by atoms with van der Waals surface area (Å²) < 4.78 is 11.3. The number of thioether (sulfide) groups is 1. The van der Waals surface area contributed by atoms with Gasteiger partial charge in [0, 0.05) is 37.4 Å². The lowest BCUT2D eigenvalue weighted by Gasteiger charge is -2.45. The van der Waals surface area contributed by atoms with Gasteiger partial charge < -0.3 is 14.6 Å². The second kappa shape index (κ2) is 3.79. The zero-order chi connectivity index (χ0) is 13.1. The molecule has 2 saturated heterocycles. The van der Waals surface area contributed by atoms with Crippen LogP contribution in [-0.4, -0.2) is 39.4 Å². The number of hydrogen-bond acceptors (Lipinski definition) is 6. The third kappa shape index (κ3) is 1.59. The molecule has 3 bridgehead atoms. The summed E-state index contributed by atoms with van der Waals surface area (Å²) >= 11 is 1.18. The minimum atomic E-state index is -1.34. The fraction of sp³-hybridized carbons (Fsp3) is 0.833. The first-order valence-electron chi connectivity index (χ1n) is 6.09. The number of hydrogen-bond donors (Lipinski definition) is 1. The quantitative estimate of drug-likeness (QED) is 0.797. The fourth-order valence-electron chi connectivity index (χ4n) is 3.17. The van der Waals surface area contributed by atoms with E-state index in [1.54, 1.807) is 6.92 Å². The zero-order valence-electron chi connectivity index (χ0n) is 10.3. The Morgan fingerprint density at radius 1 is 1.56 bits per heavy atom. The lowest BCUT2D eigenvalue weighted by molar-refractivity contribution is -0.266. The number of Topliss-reactive ketones (excluding diaryl/α,β-unsaturated/α-hetero) is 1. The van der Waals surface area contributed by atoms with Crippen molar-refractivity contribution in [3.8, 4) is 0 Å². The highest BCUT2D eigenvalue weighted by molar-refractivity contribution is 8.13. The van der Waals surface area contributed by atoms with Crippen LogP contribution in [-0.2, 0) is 19.1 Å². The molecule has 5 nitrogen and oxygen atoms in total. The number of carbonyl (C=O) groups excluding carboxylic acids is 2. The van der Waals surface area contributed by atoms with Crippen LogP contribution in [0.25, 0.3) is 0 Å². The van der Waals surface area contributed by atoms with Crippen molar-refractivity contribution >= 4 is 22.7 Å². The highest BCUT2D eigenvalue weighted by atomic mass is 32.2. The van der Waals surface area contributed by atoms with E-state index >= 15 is 0 Å². The molecule has 0 spiro atoms. The molecule has 3 aliphatic rings. The Morgan fingerprint density at radius 2 is 2.28 bits per heavy atom. The number of ether oxygens (including phenoxy) is 2. The van der Waals surface area contributed by atoms with Crippen LogP contribution in [0.3, 0.4) is 0 Å². The van der Waals surface area contributed by atoms with Gasteiger partial charge in [-0.3, -0.25) is 9.59 Å². The van der Waals surface area contributed by atoms with Gasteiger partial charge in [-0.2, -0.15) is 0 Å². The summed E-state index contributed by atoms with van der Waals surface area (Å²) in [5.41, 5.74) is -0.930. The molecule has 1 N–H and O–H groups in total. The van der Waals surface area contributed by atoms with E-state index in [1.807, 2.05) is 0 Å². The minimum absolute atomic E-state index is 0.0158. The molecule has 0 aromatic carbocycles. The van der Waals surface area contributed by atoms with Crippen LogP contribution in [0.15, 0.2) is 0 Å². The van der Waals surface area contributed by atoms with Crippen LogP contribution < -0.4 is 0 Å². The molecule has 1 saturated carbocycles. The van der Waals surface area contributed by atoms with Gasteiger partial charge >= 0.3 is 0 Å². The second-order valence-electron chi connectivity index (χ2n) is 5.54. The first kappa shape index (κ1) is 12.6. The third-order valence-corrected chi connectivity index (χ3v) is 5.24. The standard InChI is InChI=1S/C12H16O5S/c1-6(13)18-5-8-7-3-12(15)11(2,4-9(7)14)16-10(8)17-12/h7-8,10,15H,3-5H2,1-2H3/t7-,8?,10+,11+,12+/m1/s1. The summed E-state index contributed by atoms with van der Waals surface area (Å²) in [5.74, 6) is -1.12. The molecule has 0 radical (unpaired) electrons. The maximum absolute atomic E-state index is 12.1. The van der Waals surface area contributed by atoms with Gasteiger partial charge in [-0.05, 0) is 6.92 Å². The summed E-state index contributed by atoms with van der Waals surface area (Å²) in [7, 11) is 0. The highest BCUT2D eigenvalue weighted by Gasteiger charge is 2.69. The Kier molecular flexibility index (Phi) is 2.65. The van der Waals surface area contributed by atoms with Gasteiger partial charge in [-0.25, -0.2) is 0 Å². The largest absolute Gasteiger partial charge is 0.363 e. The molecule has 18 heavy (non-hydrogen) atoms. The average molecular weight is 272 g/mol. The van der Waals surface area contributed by atoms with Crippen LogP contribution in [0.2, 0.25) is 0 Å². The van der Waals surface area contributed by atoms with Gasteiger partial charge in [0.15, 0.2) is 17.2 Å². The van der Waals surface area contributed by atoms with E-state index in [1.165, 1.54) is 18.7 Å². The zero-order valence-corrected chi connectivity index (χ0v) is 11.2. The van der Waals surface area contributed by atoms with Gasteiger partial charge in [0.05, 0.1) is 0 Å². The molecule has 0 amide bonds. The molecule has 6 heteroatoms. The van der Waals surface area contributed by atoms with Crippen LogP contribution in [0.1, 0.15) is 26.7 Å². The normalized spacial score (nSPS) is 49.7. The molecule has 3 rings (SSSR count). The number of ketones is 1. The first-order chi connectivity index (χ1) is 8.35. The summed E-state index contributed by atoms with van der Waals surface area (Å²) in [6.45, 7) is 3.22. The van der Waals surface area contributed by atoms with Gasteiger partial charge in [-0.1, -0.05) is 11.8 Å². The van der Waals surface area contributed by atoms with Crippen LogP contribution in [0.5, 0.6) is 0 Å². The van der Waals surface area contributed by atoms with Crippen LogP contribution >= 0.6 is 11.8 Å². The SMILES string of the molecule is CC(=O)SCC1[C@H]2O[C@@]3(C)CC(=O)[C@@H]1C[C@]3(O)O2. The van der Waals surface area contributed by atoms with E-state index < -0.39 is 17.7 Å². The van der Waals surface area contributed by atoms with E-state index in [2.05, 4.69) is 0 Å². The molecule has 0 aromatic rings. The molecule has 2 heterocycles. The summed E-state index contributed by atoms with van der Waals surface area (Å²) in [4.78, 5) is 23.2. The second-order valence-corrected chi connectivity index (χ2v) is 6.74. The van der Waals surface area contributed by atoms with Crippen molar-refractivity contribution in [2.24, 2.45) is 11.8 Å². The molecule has 1 aliphatic carbocycles. The minimum Gasteiger partial charge on any atom is -0.363 e. The smallest absolute Gasteiger partial charge is 0.198 e. The van der Waals surface area contributed by atoms with E-state index in [0.717, 1.165) is 0 Å². The molecule has 3 fully saturated rings. The maximum atomic E-state index is 12.1. The molecular formula is C12H16O5S. The predicted octanol–water partition coefficient (Wildman–Crippen LogP) is 0.695. The summed E-state index contributed by atoms with van der Waals surface area (Å²) in [6.07, 6.45) is -0.106. The van der Waals surface area contributed by atoms with Crippen molar-refractivity contribution in [3.63, 3.8) is 0 Å². The Balaban J connectivity index is 1.87. The first-order valence-corrected chi connectivity index (χ1v) is 7.07. The topological polar surface area (TPSA) is 72.8 Å². The van der Waals surface area contributed by atoms with Crippen molar-refractivity contribution in [3.05, 3.63) is 0 Å². The number of carbonyl (C=O) groups is 2. The Bertz CT molecular complexity index is 425. The van der Waals surface area contributed by atoms with Crippen LogP contribution in [0, 0.1) is 11.8 Å². The monoisotopic (exact) mass is 272 g/mol. The molecular weight excluding hydrogens is 256 g/mol. The van der Waals surface area contributed by atoms with Crippen molar-refractivity contribution in [1.29, 1.82) is 0 Å². The van der Waals surface area contributed by atoms with Gasteiger partial charge in [0.25, 0.3) is 0 Å². The average Bonchev–Trinajstić information content (AvgIpc) is 2.40. The number of aliphatic hydroxyl groups is 1. The van der Waals surface area contributed by atoms with Crippen molar-refractivity contribution in [2.45, 2.75) is 44.4 Å². The maximum Gasteiger partial charge on any atom is 0.198 e. The van der Waals surface area contributed by atoms with E-state index in [9.17, 15) is 14.7 Å². The van der Waals surface area contributed by atoms with E-state index in [4.69, 9.17) is 9.47 Å². The van der Waals surface area contributed by atoms with Crippen molar-refractivity contribution < 1.29 is 24.2 Å². The van der Waals surface area contributed by atoms with Gasteiger partial charge in [-0.15, -0.1) is 0 Å². The Labute approximate surface area is 109 Å². The van der Waals surface area contributed by atoms with Crippen molar-refractivity contribution in [2.75, 3.05) is 5.75 Å². The van der Waals surface area contributed by atoms with E-state index in [-0.39, 0.29) is 35.6 Å². The molecule has 1 unspecified atom stereocenters. The summed E-state index contributed by atoms with van der Waals surface area (Å²) in [6, 6.07) is 0. The predicted molar refractivity (Wildman–Crippen MR) is 63.7 cm³/mol. The highest BCUT2D eigenvalue weighted by Crippen LogP contribution is 2.56. The lowest BCUT2D eigenvalue weighted by Crippen LogP contribution is -2.59. The summed E-state index contributed by atoms with van der Waals surface area (Å²) in [5, 5.41) is 10.4. The fourth-order valence-corrected chi connectivity index (χ4v) is 3.99. The number of rotatable bonds is 2. The Hall–Kier alpha value is -0.430. The third-order valence-electron chi connectivity index (χ3n) is 4.28. The van der Waals surface area contributed by atoms with Crippen molar-refractivity contribution in [1.82, 2.24) is 0 Å². The van der Waals surface area contributed by atoms with Crippen LogP contribution in [0.4, 0.5) is 0 Å². The Morgan fingerprint density at radius 3 is 2.94 bits per heavy atom.